The summed E-state index contributed by atoms with van der Waals surface area (Å²) >= 11 is 6.20. The molecule has 0 radical (unpaired) electrons. The van der Waals surface area contributed by atoms with Crippen molar-refractivity contribution in [2.45, 2.75) is 26.2 Å². The molecule has 1 amide bonds. The third-order valence-electron chi connectivity index (χ3n) is 3.44. The zero-order valence-electron chi connectivity index (χ0n) is 13.6. The second kappa shape index (κ2) is 6.59. The molecule has 0 atom stereocenters. The van der Waals surface area contributed by atoms with Crippen molar-refractivity contribution in [3.8, 4) is 5.75 Å². The quantitative estimate of drug-likeness (QED) is 0.734. The molecule has 0 spiro atoms. The molecule has 122 valence electrons. The van der Waals surface area contributed by atoms with E-state index in [1.165, 1.54) is 19.2 Å². The predicted octanol–water partition coefficient (Wildman–Crippen LogP) is 5.41. The van der Waals surface area contributed by atoms with Crippen molar-refractivity contribution in [1.29, 1.82) is 0 Å². The molecule has 0 N–H and O–H groups in total. The smallest absolute Gasteiger partial charge is 0.410 e. The summed E-state index contributed by atoms with van der Waals surface area (Å²) in [4.78, 5) is 13.3. The van der Waals surface area contributed by atoms with Gasteiger partial charge in [-0.25, -0.2) is 9.18 Å². The van der Waals surface area contributed by atoms with Gasteiger partial charge in [0.25, 0.3) is 0 Å². The lowest BCUT2D eigenvalue weighted by atomic mass is 9.87. The van der Waals surface area contributed by atoms with Crippen molar-refractivity contribution < 1.29 is 13.9 Å². The van der Waals surface area contributed by atoms with Crippen molar-refractivity contribution in [2.75, 3.05) is 11.9 Å². The molecule has 0 bridgehead atoms. The van der Waals surface area contributed by atoms with Crippen LogP contribution in [0.4, 0.5) is 14.9 Å². The minimum absolute atomic E-state index is 0.155. The van der Waals surface area contributed by atoms with Gasteiger partial charge >= 0.3 is 6.09 Å². The lowest BCUT2D eigenvalue weighted by Crippen LogP contribution is -2.30. The van der Waals surface area contributed by atoms with Crippen LogP contribution in [0.5, 0.6) is 5.75 Å². The van der Waals surface area contributed by atoms with E-state index < -0.39 is 11.9 Å². The predicted molar refractivity (Wildman–Crippen MR) is 91.0 cm³/mol. The number of hydrogen-bond acceptors (Lipinski definition) is 2. The molecule has 2 rings (SSSR count). The summed E-state index contributed by atoms with van der Waals surface area (Å²) in [6.45, 7) is 6.06. The first kappa shape index (κ1) is 17.3. The highest BCUT2D eigenvalue weighted by molar-refractivity contribution is 6.31. The van der Waals surface area contributed by atoms with Gasteiger partial charge in [-0.1, -0.05) is 44.5 Å². The van der Waals surface area contributed by atoms with Crippen molar-refractivity contribution in [2.24, 2.45) is 0 Å². The summed E-state index contributed by atoms with van der Waals surface area (Å²) in [6, 6.07) is 11.1. The van der Waals surface area contributed by atoms with Crippen molar-refractivity contribution in [3.05, 3.63) is 58.9 Å². The van der Waals surface area contributed by atoms with E-state index in [9.17, 15) is 9.18 Å². The molecule has 0 unspecified atom stereocenters. The summed E-state index contributed by atoms with van der Waals surface area (Å²) in [5, 5.41) is 0.611. The van der Waals surface area contributed by atoms with Gasteiger partial charge in [-0.15, -0.1) is 0 Å². The third kappa shape index (κ3) is 4.02. The fourth-order valence-electron chi connectivity index (χ4n) is 2.13. The second-order valence-corrected chi connectivity index (χ2v) is 6.68. The van der Waals surface area contributed by atoms with Crippen LogP contribution in [0.15, 0.2) is 42.5 Å². The lowest BCUT2D eigenvalue weighted by molar-refractivity contribution is 0.208. The maximum absolute atomic E-state index is 13.7. The molecule has 0 fully saturated rings. The maximum Gasteiger partial charge on any atom is 0.419 e. The van der Waals surface area contributed by atoms with Crippen LogP contribution < -0.4 is 9.64 Å². The molecule has 2 aromatic rings. The first-order chi connectivity index (χ1) is 10.7. The van der Waals surface area contributed by atoms with E-state index in [-0.39, 0.29) is 11.1 Å². The molecule has 0 heterocycles. The monoisotopic (exact) mass is 335 g/mol. The van der Waals surface area contributed by atoms with Gasteiger partial charge in [0.1, 0.15) is 11.6 Å². The Bertz CT molecular complexity index is 725. The molecule has 0 aliphatic carbocycles. The fourth-order valence-corrected chi connectivity index (χ4v) is 2.54. The van der Waals surface area contributed by atoms with E-state index in [2.05, 4.69) is 0 Å². The van der Waals surface area contributed by atoms with Crippen LogP contribution in [0.3, 0.4) is 0 Å². The lowest BCUT2D eigenvalue weighted by Gasteiger charge is -2.22. The zero-order chi connectivity index (χ0) is 17.2. The molecule has 0 saturated heterocycles. The van der Waals surface area contributed by atoms with E-state index in [0.717, 1.165) is 10.5 Å². The summed E-state index contributed by atoms with van der Waals surface area (Å²) in [5.41, 5.74) is 0.845. The first-order valence-electron chi connectivity index (χ1n) is 7.20. The average Bonchev–Trinajstić information content (AvgIpc) is 2.48. The van der Waals surface area contributed by atoms with Crippen LogP contribution >= 0.6 is 11.6 Å². The number of nitrogens with zero attached hydrogens (tertiary/aromatic N) is 1. The van der Waals surface area contributed by atoms with Crippen LogP contribution in [0.1, 0.15) is 26.3 Å². The van der Waals surface area contributed by atoms with Crippen LogP contribution in [0.25, 0.3) is 0 Å². The highest BCUT2D eigenvalue weighted by Gasteiger charge is 2.20. The Kier molecular flexibility index (Phi) is 4.95. The van der Waals surface area contributed by atoms with Gasteiger partial charge in [0.05, 0.1) is 5.69 Å². The minimum atomic E-state index is -0.669. The summed E-state index contributed by atoms with van der Waals surface area (Å²) in [6.07, 6.45) is -0.669. The standard InChI is InChI=1S/C18H19ClFNO2/c1-18(2,3)13-11-12(9-10-14(13)19)23-17(22)21(4)16-8-6-5-7-15(16)20/h5-11H,1-4H3. The molecule has 5 heteroatoms. The number of carbonyl (C=O) groups excluding carboxylic acids is 1. The Balaban J connectivity index is 2.22. The van der Waals surface area contributed by atoms with Gasteiger partial charge < -0.3 is 4.74 Å². The van der Waals surface area contributed by atoms with E-state index in [0.29, 0.717) is 10.8 Å². The Morgan fingerprint density at radius 1 is 1.17 bits per heavy atom. The molecular weight excluding hydrogens is 317 g/mol. The van der Waals surface area contributed by atoms with Crippen LogP contribution in [-0.2, 0) is 5.41 Å². The topological polar surface area (TPSA) is 29.5 Å². The maximum atomic E-state index is 13.7. The molecular formula is C18H19ClFNO2. The van der Waals surface area contributed by atoms with Gasteiger partial charge in [0.15, 0.2) is 0 Å². The normalized spacial score (nSPS) is 11.2. The Labute approximate surface area is 140 Å². The number of hydrogen-bond donors (Lipinski definition) is 0. The van der Waals surface area contributed by atoms with Crippen molar-refractivity contribution in [3.63, 3.8) is 0 Å². The molecule has 0 aromatic heterocycles. The molecule has 0 saturated carbocycles. The van der Waals surface area contributed by atoms with Crippen molar-refractivity contribution in [1.82, 2.24) is 0 Å². The number of para-hydroxylation sites is 1. The van der Waals surface area contributed by atoms with Gasteiger partial charge in [-0.3, -0.25) is 4.90 Å². The number of ether oxygens (including phenoxy) is 1. The largest absolute Gasteiger partial charge is 0.419 e. The summed E-state index contributed by atoms with van der Waals surface area (Å²) < 4.78 is 19.1. The molecule has 0 aliphatic rings. The van der Waals surface area contributed by atoms with Gasteiger partial charge in [-0.2, -0.15) is 0 Å². The minimum Gasteiger partial charge on any atom is -0.410 e. The third-order valence-corrected chi connectivity index (χ3v) is 3.77. The average molecular weight is 336 g/mol. The Hall–Kier alpha value is -2.07. The number of rotatable bonds is 2. The number of carbonyl (C=O) groups is 1. The van der Waals surface area contributed by atoms with Gasteiger partial charge in [0.2, 0.25) is 0 Å². The summed E-state index contributed by atoms with van der Waals surface area (Å²) in [7, 11) is 1.46. The summed E-state index contributed by atoms with van der Waals surface area (Å²) in [5.74, 6) is -0.119. The number of anilines is 1. The number of benzene rings is 2. The zero-order valence-corrected chi connectivity index (χ0v) is 14.3. The van der Waals surface area contributed by atoms with E-state index in [4.69, 9.17) is 16.3 Å². The van der Waals surface area contributed by atoms with Crippen LogP contribution in [-0.4, -0.2) is 13.1 Å². The van der Waals surface area contributed by atoms with Gasteiger partial charge in [0, 0.05) is 12.1 Å². The SMILES string of the molecule is CN(C(=O)Oc1ccc(Cl)c(C(C)(C)C)c1)c1ccccc1F. The first-order valence-corrected chi connectivity index (χ1v) is 7.58. The van der Waals surface area contributed by atoms with E-state index in [1.54, 1.807) is 30.3 Å². The number of amides is 1. The van der Waals surface area contributed by atoms with Crippen LogP contribution in [0.2, 0.25) is 5.02 Å². The van der Waals surface area contributed by atoms with E-state index >= 15 is 0 Å². The molecule has 23 heavy (non-hydrogen) atoms. The molecule has 2 aromatic carbocycles. The van der Waals surface area contributed by atoms with Gasteiger partial charge in [-0.05, 0) is 41.3 Å². The molecule has 3 nitrogen and oxygen atoms in total. The second-order valence-electron chi connectivity index (χ2n) is 6.27. The number of halogens is 2. The fraction of sp³-hybridized carbons (Fsp3) is 0.278. The Morgan fingerprint density at radius 2 is 1.83 bits per heavy atom. The van der Waals surface area contributed by atoms with Crippen LogP contribution in [0, 0.1) is 5.82 Å². The van der Waals surface area contributed by atoms with E-state index in [1.807, 2.05) is 20.8 Å². The molecule has 0 aliphatic heterocycles. The highest BCUT2D eigenvalue weighted by Crippen LogP contribution is 2.32. The van der Waals surface area contributed by atoms with Crippen molar-refractivity contribution >= 4 is 23.4 Å². The highest BCUT2D eigenvalue weighted by atomic mass is 35.5. The Morgan fingerprint density at radius 3 is 2.43 bits per heavy atom.